The van der Waals surface area contributed by atoms with E-state index in [4.69, 9.17) is 5.73 Å². The van der Waals surface area contributed by atoms with Gasteiger partial charge in [-0.3, -0.25) is 0 Å². The molecule has 20 heavy (non-hydrogen) atoms. The summed E-state index contributed by atoms with van der Waals surface area (Å²) in [6, 6.07) is 8.35. The molecule has 1 aromatic carbocycles. The Morgan fingerprint density at radius 1 is 1.15 bits per heavy atom. The van der Waals surface area contributed by atoms with Gasteiger partial charge in [0.2, 0.25) is 17.8 Å². The van der Waals surface area contributed by atoms with Gasteiger partial charge >= 0.3 is 0 Å². The Labute approximate surface area is 118 Å². The minimum Gasteiger partial charge on any atom is -0.368 e. The molecular formula is C14H18N6. The molecule has 3 rings (SSSR count). The third kappa shape index (κ3) is 2.24. The van der Waals surface area contributed by atoms with E-state index in [9.17, 15) is 0 Å². The van der Waals surface area contributed by atoms with Crippen molar-refractivity contribution in [3.63, 3.8) is 0 Å². The van der Waals surface area contributed by atoms with Gasteiger partial charge in [0.1, 0.15) is 0 Å². The van der Waals surface area contributed by atoms with Crippen LogP contribution < -0.4 is 15.5 Å². The van der Waals surface area contributed by atoms with Gasteiger partial charge in [0.25, 0.3) is 0 Å². The van der Waals surface area contributed by atoms with Gasteiger partial charge in [-0.25, -0.2) is 0 Å². The highest BCUT2D eigenvalue weighted by Gasteiger charge is 2.21. The molecular weight excluding hydrogens is 252 g/mol. The molecule has 2 heterocycles. The second kappa shape index (κ2) is 4.96. The quantitative estimate of drug-likeness (QED) is 0.894. The third-order valence-corrected chi connectivity index (χ3v) is 3.38. The molecule has 6 heteroatoms. The minimum atomic E-state index is 0.252. The SMILES string of the molecule is CN(C)c1nc(N)nc(N2CCCc3ccccc32)n1. The van der Waals surface area contributed by atoms with E-state index in [-0.39, 0.29) is 5.95 Å². The van der Waals surface area contributed by atoms with Gasteiger partial charge in [-0.05, 0) is 24.5 Å². The first-order valence-corrected chi connectivity index (χ1v) is 6.69. The molecule has 0 fully saturated rings. The number of nitrogens with two attached hydrogens (primary N) is 1. The molecule has 0 aliphatic carbocycles. The Hall–Kier alpha value is -2.37. The lowest BCUT2D eigenvalue weighted by molar-refractivity contribution is 0.747. The average Bonchev–Trinajstić information content (AvgIpc) is 2.46. The predicted molar refractivity (Wildman–Crippen MR) is 80.3 cm³/mol. The largest absolute Gasteiger partial charge is 0.368 e. The molecule has 2 N–H and O–H groups in total. The summed E-state index contributed by atoms with van der Waals surface area (Å²) < 4.78 is 0. The fraction of sp³-hybridized carbons (Fsp3) is 0.357. The summed E-state index contributed by atoms with van der Waals surface area (Å²) in [7, 11) is 3.78. The number of hydrogen-bond acceptors (Lipinski definition) is 6. The standard InChI is InChI=1S/C14H18N6/c1-19(2)13-16-12(15)17-14(18-13)20-9-5-7-10-6-3-4-8-11(10)20/h3-4,6,8H,5,7,9H2,1-2H3,(H2,15,16,17,18). The minimum absolute atomic E-state index is 0.252. The fourth-order valence-electron chi connectivity index (χ4n) is 2.43. The first-order valence-electron chi connectivity index (χ1n) is 6.69. The zero-order valence-electron chi connectivity index (χ0n) is 11.7. The first kappa shape index (κ1) is 12.7. The molecule has 6 nitrogen and oxygen atoms in total. The molecule has 1 aliphatic rings. The number of anilines is 4. The van der Waals surface area contributed by atoms with Gasteiger partial charge in [0.05, 0.1) is 0 Å². The molecule has 1 aromatic heterocycles. The van der Waals surface area contributed by atoms with Crippen LogP contribution >= 0.6 is 0 Å². The molecule has 0 radical (unpaired) electrons. The van der Waals surface area contributed by atoms with Gasteiger partial charge in [0.15, 0.2) is 0 Å². The third-order valence-electron chi connectivity index (χ3n) is 3.38. The van der Waals surface area contributed by atoms with Crippen molar-refractivity contribution in [1.29, 1.82) is 0 Å². The normalized spacial score (nSPS) is 14.0. The number of rotatable bonds is 2. The predicted octanol–water partition coefficient (Wildman–Crippen LogP) is 1.60. The van der Waals surface area contributed by atoms with Crippen molar-refractivity contribution in [2.75, 3.05) is 36.2 Å². The number of benzene rings is 1. The number of nitrogens with zero attached hydrogens (tertiary/aromatic N) is 5. The van der Waals surface area contributed by atoms with Crippen LogP contribution in [0.15, 0.2) is 24.3 Å². The van der Waals surface area contributed by atoms with Crippen molar-refractivity contribution in [2.24, 2.45) is 0 Å². The second-order valence-electron chi connectivity index (χ2n) is 5.07. The van der Waals surface area contributed by atoms with Gasteiger partial charge in [-0.1, -0.05) is 18.2 Å². The molecule has 0 unspecified atom stereocenters. The maximum Gasteiger partial charge on any atom is 0.236 e. The van der Waals surface area contributed by atoms with E-state index in [0.717, 1.165) is 25.1 Å². The summed E-state index contributed by atoms with van der Waals surface area (Å²) in [4.78, 5) is 16.9. The van der Waals surface area contributed by atoms with Crippen LogP contribution in [0.3, 0.4) is 0 Å². The fourth-order valence-corrected chi connectivity index (χ4v) is 2.43. The molecule has 0 bridgehead atoms. The van der Waals surface area contributed by atoms with Crippen molar-refractivity contribution in [3.8, 4) is 0 Å². The Kier molecular flexibility index (Phi) is 3.14. The van der Waals surface area contributed by atoms with Crippen LogP contribution in [0.25, 0.3) is 0 Å². The number of para-hydroxylation sites is 1. The van der Waals surface area contributed by atoms with Crippen molar-refractivity contribution < 1.29 is 0 Å². The van der Waals surface area contributed by atoms with Crippen molar-refractivity contribution >= 4 is 23.5 Å². The summed E-state index contributed by atoms with van der Waals surface area (Å²) in [5.41, 5.74) is 8.29. The lowest BCUT2D eigenvalue weighted by Crippen LogP contribution is -2.27. The molecule has 0 amide bonds. The number of fused-ring (bicyclic) bond motifs is 1. The number of aromatic nitrogens is 3. The topological polar surface area (TPSA) is 71.2 Å². The van der Waals surface area contributed by atoms with E-state index in [0.29, 0.717) is 11.9 Å². The molecule has 104 valence electrons. The summed E-state index contributed by atoms with van der Waals surface area (Å²) >= 11 is 0. The van der Waals surface area contributed by atoms with E-state index in [2.05, 4.69) is 38.1 Å². The van der Waals surface area contributed by atoms with Crippen molar-refractivity contribution in [2.45, 2.75) is 12.8 Å². The van der Waals surface area contributed by atoms with E-state index in [1.165, 1.54) is 5.56 Å². The van der Waals surface area contributed by atoms with E-state index in [1.807, 2.05) is 25.1 Å². The monoisotopic (exact) mass is 270 g/mol. The summed E-state index contributed by atoms with van der Waals surface area (Å²) in [5.74, 6) is 1.45. The average molecular weight is 270 g/mol. The van der Waals surface area contributed by atoms with Crippen LogP contribution in [-0.2, 0) is 6.42 Å². The zero-order chi connectivity index (χ0) is 14.1. The Morgan fingerprint density at radius 2 is 1.95 bits per heavy atom. The van der Waals surface area contributed by atoms with Gasteiger partial charge < -0.3 is 15.5 Å². The summed E-state index contributed by atoms with van der Waals surface area (Å²) in [6.45, 7) is 0.896. The van der Waals surface area contributed by atoms with Crippen LogP contribution in [0.5, 0.6) is 0 Å². The first-order chi connectivity index (χ1) is 9.65. The van der Waals surface area contributed by atoms with Crippen LogP contribution in [0.4, 0.5) is 23.5 Å². The van der Waals surface area contributed by atoms with Gasteiger partial charge in [0, 0.05) is 26.3 Å². The molecule has 1 aliphatic heterocycles. The van der Waals surface area contributed by atoms with Gasteiger partial charge in [-0.2, -0.15) is 15.0 Å². The highest BCUT2D eigenvalue weighted by Crippen LogP contribution is 2.31. The molecule has 0 saturated carbocycles. The smallest absolute Gasteiger partial charge is 0.236 e. The van der Waals surface area contributed by atoms with Crippen LogP contribution in [0, 0.1) is 0 Å². The number of hydrogen-bond donors (Lipinski definition) is 1. The Bertz CT molecular complexity index is 625. The second-order valence-corrected chi connectivity index (χ2v) is 5.07. The van der Waals surface area contributed by atoms with Gasteiger partial charge in [-0.15, -0.1) is 0 Å². The molecule has 2 aromatic rings. The van der Waals surface area contributed by atoms with Crippen LogP contribution in [0.2, 0.25) is 0 Å². The lowest BCUT2D eigenvalue weighted by Gasteiger charge is -2.29. The zero-order valence-corrected chi connectivity index (χ0v) is 11.7. The highest BCUT2D eigenvalue weighted by molar-refractivity contribution is 5.64. The molecule has 0 saturated heterocycles. The van der Waals surface area contributed by atoms with Crippen LogP contribution in [-0.4, -0.2) is 35.6 Å². The van der Waals surface area contributed by atoms with Crippen LogP contribution in [0.1, 0.15) is 12.0 Å². The maximum atomic E-state index is 5.81. The van der Waals surface area contributed by atoms with E-state index >= 15 is 0 Å². The number of nitrogen functional groups attached to an aromatic ring is 1. The Balaban J connectivity index is 2.06. The molecule has 0 spiro atoms. The highest BCUT2D eigenvalue weighted by atomic mass is 15.3. The maximum absolute atomic E-state index is 5.81. The summed E-state index contributed by atoms with van der Waals surface area (Å²) in [5, 5.41) is 0. The summed E-state index contributed by atoms with van der Waals surface area (Å²) in [6.07, 6.45) is 2.17. The Morgan fingerprint density at radius 3 is 2.75 bits per heavy atom. The van der Waals surface area contributed by atoms with Crippen molar-refractivity contribution in [1.82, 2.24) is 15.0 Å². The lowest BCUT2D eigenvalue weighted by atomic mass is 10.0. The number of aryl methyl sites for hydroxylation is 1. The van der Waals surface area contributed by atoms with Crippen molar-refractivity contribution in [3.05, 3.63) is 29.8 Å². The molecule has 0 atom stereocenters. The van der Waals surface area contributed by atoms with E-state index < -0.39 is 0 Å². The van der Waals surface area contributed by atoms with E-state index in [1.54, 1.807) is 0 Å².